The molecular weight excluding hydrogens is 406 g/mol. The van der Waals surface area contributed by atoms with Gasteiger partial charge in [0.05, 0.1) is 12.1 Å². The van der Waals surface area contributed by atoms with Crippen LogP contribution in [0, 0.1) is 0 Å². The van der Waals surface area contributed by atoms with Crippen molar-refractivity contribution >= 4 is 34.9 Å². The molecule has 0 aliphatic carbocycles. The van der Waals surface area contributed by atoms with Gasteiger partial charge in [-0.25, -0.2) is 0 Å². The van der Waals surface area contributed by atoms with Crippen LogP contribution >= 0.6 is 22.9 Å². The minimum atomic E-state index is 0.0187. The first kappa shape index (κ1) is 21.1. The molecule has 0 N–H and O–H groups in total. The van der Waals surface area contributed by atoms with Gasteiger partial charge in [0, 0.05) is 29.6 Å². The van der Waals surface area contributed by atoms with Crippen molar-refractivity contribution in [3.8, 4) is 11.5 Å². The van der Waals surface area contributed by atoms with Gasteiger partial charge in [-0.2, -0.15) is 0 Å². The Morgan fingerprint density at radius 2 is 2.07 bits per heavy atom. The fourth-order valence-electron chi connectivity index (χ4n) is 2.79. The second kappa shape index (κ2) is 10.2. The molecule has 3 aromatic rings. The van der Waals surface area contributed by atoms with E-state index in [4.69, 9.17) is 21.1 Å². The van der Waals surface area contributed by atoms with Crippen molar-refractivity contribution in [3.05, 3.63) is 80.5 Å². The molecule has 6 heteroatoms. The molecule has 29 heavy (non-hydrogen) atoms. The van der Waals surface area contributed by atoms with Gasteiger partial charge >= 0.3 is 0 Å². The Kier molecular flexibility index (Phi) is 7.44. The summed E-state index contributed by atoms with van der Waals surface area (Å²) in [6.45, 7) is 2.54. The van der Waals surface area contributed by atoms with E-state index in [1.807, 2.05) is 30.3 Å². The summed E-state index contributed by atoms with van der Waals surface area (Å²) < 4.78 is 11.4. The molecule has 0 spiro atoms. The molecule has 2 aromatic carbocycles. The maximum Gasteiger partial charge on any atom is 0.180 e. The van der Waals surface area contributed by atoms with Crippen LogP contribution < -0.4 is 9.47 Å². The van der Waals surface area contributed by atoms with Gasteiger partial charge in [0.25, 0.3) is 0 Å². The summed E-state index contributed by atoms with van der Waals surface area (Å²) in [6.07, 6.45) is 2.71. The van der Waals surface area contributed by atoms with Crippen LogP contribution in [0.25, 0.3) is 0 Å². The highest BCUT2D eigenvalue weighted by atomic mass is 35.5. The van der Waals surface area contributed by atoms with E-state index in [0.29, 0.717) is 28.6 Å². The van der Waals surface area contributed by atoms with Crippen molar-refractivity contribution in [2.24, 2.45) is 4.99 Å². The third-order valence-electron chi connectivity index (χ3n) is 4.28. The Balaban J connectivity index is 1.67. The average molecular weight is 428 g/mol. The number of aliphatic imine (C=N–C) groups is 1. The number of halogens is 1. The lowest BCUT2D eigenvalue weighted by Gasteiger charge is -2.13. The van der Waals surface area contributed by atoms with Crippen LogP contribution in [0.5, 0.6) is 11.5 Å². The zero-order chi connectivity index (χ0) is 20.6. The number of ketones is 1. The predicted octanol–water partition coefficient (Wildman–Crippen LogP) is 5.85. The number of carbonyl (C=O) groups is 1. The maximum absolute atomic E-state index is 11.5. The summed E-state index contributed by atoms with van der Waals surface area (Å²) in [4.78, 5) is 17.3. The number of methoxy groups -OCH3 is 1. The van der Waals surface area contributed by atoms with E-state index < -0.39 is 0 Å². The topological polar surface area (TPSA) is 47.9 Å². The Labute approximate surface area is 179 Å². The Morgan fingerprint density at radius 1 is 1.21 bits per heavy atom. The van der Waals surface area contributed by atoms with Crippen LogP contribution in [-0.4, -0.2) is 25.7 Å². The van der Waals surface area contributed by atoms with Gasteiger partial charge in [0.2, 0.25) is 0 Å². The van der Waals surface area contributed by atoms with Crippen LogP contribution in [0.3, 0.4) is 0 Å². The zero-order valence-electron chi connectivity index (χ0n) is 16.4. The van der Waals surface area contributed by atoms with Crippen LogP contribution in [0.2, 0.25) is 5.02 Å². The second-order valence-electron chi connectivity index (χ2n) is 6.44. The third kappa shape index (κ3) is 5.92. The number of benzene rings is 2. The van der Waals surface area contributed by atoms with E-state index in [9.17, 15) is 4.79 Å². The maximum atomic E-state index is 11.5. The molecule has 0 unspecified atom stereocenters. The second-order valence-corrected chi connectivity index (χ2v) is 7.88. The molecule has 0 saturated heterocycles. The summed E-state index contributed by atoms with van der Waals surface area (Å²) in [5.41, 5.74) is 2.39. The number of carbonyl (C=O) groups excluding carboxylic acids is 1. The summed E-state index contributed by atoms with van der Waals surface area (Å²) in [6, 6.07) is 15.2. The molecule has 3 rings (SSSR count). The van der Waals surface area contributed by atoms with E-state index >= 15 is 0 Å². The lowest BCUT2D eigenvalue weighted by Crippen LogP contribution is -2.01. The van der Waals surface area contributed by atoms with Crippen LogP contribution in [0.1, 0.15) is 33.3 Å². The molecule has 150 valence electrons. The van der Waals surface area contributed by atoms with Gasteiger partial charge in [-0.05, 0) is 47.7 Å². The number of ether oxygens (including phenoxy) is 2. The summed E-state index contributed by atoms with van der Waals surface area (Å²) in [5, 5.41) is 2.52. The highest BCUT2D eigenvalue weighted by Gasteiger charge is 2.12. The molecule has 4 nitrogen and oxygen atoms in total. The fourth-order valence-corrected chi connectivity index (χ4v) is 3.76. The number of hydrogen-bond acceptors (Lipinski definition) is 5. The molecular formula is C23H22ClNO3S. The third-order valence-corrected chi connectivity index (χ3v) is 5.49. The number of nitrogens with zero attached hydrogens (tertiary/aromatic N) is 1. The fraction of sp³-hybridized carbons (Fsp3) is 0.217. The summed E-state index contributed by atoms with van der Waals surface area (Å²) in [5.74, 6) is 1.03. The Bertz CT molecular complexity index is 999. The van der Waals surface area contributed by atoms with Crippen molar-refractivity contribution in [1.29, 1.82) is 0 Å². The molecule has 0 saturated carbocycles. The molecule has 1 aromatic heterocycles. The highest BCUT2D eigenvalue weighted by molar-refractivity contribution is 7.09. The van der Waals surface area contributed by atoms with Crippen LogP contribution in [-0.2, 0) is 13.0 Å². The molecule has 0 atom stereocenters. The lowest BCUT2D eigenvalue weighted by molar-refractivity contribution is 0.101. The predicted molar refractivity (Wildman–Crippen MR) is 119 cm³/mol. The standard InChI is InChI=1S/C23H22ClNO3S/c1-16(26)19-6-3-5-17(11-19)15-28-23-21(24)12-18(13-22(23)27-2)14-25-9-8-20-7-4-10-29-20/h3-7,10-14H,8-9,15H2,1-2H3. The van der Waals surface area contributed by atoms with E-state index in [1.54, 1.807) is 43.7 Å². The smallest absolute Gasteiger partial charge is 0.180 e. The Morgan fingerprint density at radius 3 is 2.79 bits per heavy atom. The van der Waals surface area contributed by atoms with Crippen LogP contribution in [0.4, 0.5) is 0 Å². The highest BCUT2D eigenvalue weighted by Crippen LogP contribution is 2.36. The quantitative estimate of drug-likeness (QED) is 0.317. The zero-order valence-corrected chi connectivity index (χ0v) is 17.9. The number of Topliss-reactive ketones (excluding diaryl/α,β-unsaturated/α-hetero) is 1. The van der Waals surface area contributed by atoms with Crippen molar-refractivity contribution in [2.75, 3.05) is 13.7 Å². The van der Waals surface area contributed by atoms with Crippen molar-refractivity contribution < 1.29 is 14.3 Å². The van der Waals surface area contributed by atoms with E-state index in [0.717, 1.165) is 17.5 Å². The largest absolute Gasteiger partial charge is 0.493 e. The minimum Gasteiger partial charge on any atom is -0.493 e. The molecule has 0 fully saturated rings. The van der Waals surface area contributed by atoms with E-state index in [2.05, 4.69) is 16.4 Å². The minimum absolute atomic E-state index is 0.0187. The normalized spacial score (nSPS) is 11.0. The van der Waals surface area contributed by atoms with Gasteiger partial charge in [-0.1, -0.05) is 35.9 Å². The SMILES string of the molecule is COc1cc(C=NCCc2cccs2)cc(Cl)c1OCc1cccc(C(C)=O)c1. The van der Waals surface area contributed by atoms with Gasteiger partial charge in [-0.15, -0.1) is 11.3 Å². The molecule has 0 amide bonds. The van der Waals surface area contributed by atoms with Gasteiger partial charge in [-0.3, -0.25) is 9.79 Å². The molecule has 1 heterocycles. The van der Waals surface area contributed by atoms with Crippen molar-refractivity contribution in [3.63, 3.8) is 0 Å². The van der Waals surface area contributed by atoms with Crippen molar-refractivity contribution in [1.82, 2.24) is 0 Å². The molecule has 0 aliphatic rings. The number of rotatable bonds is 9. The summed E-state index contributed by atoms with van der Waals surface area (Å²) >= 11 is 8.17. The first-order chi connectivity index (χ1) is 14.1. The monoisotopic (exact) mass is 427 g/mol. The molecule has 0 aliphatic heterocycles. The molecule has 0 bridgehead atoms. The first-order valence-electron chi connectivity index (χ1n) is 9.19. The van der Waals surface area contributed by atoms with Crippen LogP contribution in [0.15, 0.2) is 58.9 Å². The molecule has 0 radical (unpaired) electrons. The van der Waals surface area contributed by atoms with Crippen molar-refractivity contribution in [2.45, 2.75) is 20.0 Å². The lowest BCUT2D eigenvalue weighted by atomic mass is 10.1. The number of thiophene rings is 1. The Hall–Kier alpha value is -2.63. The number of hydrogen-bond donors (Lipinski definition) is 0. The summed E-state index contributed by atoms with van der Waals surface area (Å²) in [7, 11) is 1.58. The van der Waals surface area contributed by atoms with Gasteiger partial charge in [0.15, 0.2) is 17.3 Å². The van der Waals surface area contributed by atoms with Gasteiger partial charge < -0.3 is 9.47 Å². The first-order valence-corrected chi connectivity index (χ1v) is 10.4. The van der Waals surface area contributed by atoms with E-state index in [-0.39, 0.29) is 12.4 Å². The van der Waals surface area contributed by atoms with E-state index in [1.165, 1.54) is 4.88 Å². The van der Waals surface area contributed by atoms with Gasteiger partial charge in [0.1, 0.15) is 6.61 Å². The average Bonchev–Trinajstić information content (AvgIpc) is 3.23.